The number of carboxylic acid groups (broad SMARTS) is 1. The standard InChI is InChI=1S/C13H17NO4/c1-2-3-6-12(15)14(8-7-13(16)17)10-11-5-4-9-18-11/h2,4-5,9H,1,3,6-8,10H2,(H,16,17). The second kappa shape index (κ2) is 7.32. The fourth-order valence-corrected chi connectivity index (χ4v) is 1.50. The van der Waals surface area contributed by atoms with Crippen LogP contribution in [0.2, 0.25) is 0 Å². The van der Waals surface area contributed by atoms with Crippen LogP contribution in [0.15, 0.2) is 35.5 Å². The summed E-state index contributed by atoms with van der Waals surface area (Å²) in [6, 6.07) is 3.49. The predicted octanol–water partition coefficient (Wildman–Crippen LogP) is 2.05. The number of hydrogen-bond acceptors (Lipinski definition) is 3. The maximum absolute atomic E-state index is 11.9. The third kappa shape index (κ3) is 4.86. The third-order valence-electron chi connectivity index (χ3n) is 2.44. The van der Waals surface area contributed by atoms with E-state index in [1.807, 2.05) is 0 Å². The van der Waals surface area contributed by atoms with E-state index in [2.05, 4.69) is 6.58 Å². The number of nitrogens with zero attached hydrogens (tertiary/aromatic N) is 1. The molecular formula is C13H17NO4. The van der Waals surface area contributed by atoms with E-state index in [0.29, 0.717) is 25.1 Å². The van der Waals surface area contributed by atoms with E-state index in [1.54, 1.807) is 18.2 Å². The molecule has 1 heterocycles. The van der Waals surface area contributed by atoms with E-state index < -0.39 is 5.97 Å². The van der Waals surface area contributed by atoms with E-state index in [4.69, 9.17) is 9.52 Å². The highest BCUT2D eigenvalue weighted by atomic mass is 16.4. The summed E-state index contributed by atoms with van der Waals surface area (Å²) in [5, 5.41) is 8.67. The molecule has 0 aromatic carbocycles. The molecule has 5 nitrogen and oxygen atoms in total. The van der Waals surface area contributed by atoms with Gasteiger partial charge in [0.25, 0.3) is 0 Å². The summed E-state index contributed by atoms with van der Waals surface area (Å²) < 4.78 is 5.16. The van der Waals surface area contributed by atoms with Gasteiger partial charge >= 0.3 is 5.97 Å². The number of carbonyl (C=O) groups is 2. The minimum absolute atomic E-state index is 0.0689. The number of allylic oxidation sites excluding steroid dienone is 1. The SMILES string of the molecule is C=CCCC(=O)N(CCC(=O)O)Cc1ccco1. The van der Waals surface area contributed by atoms with E-state index in [-0.39, 0.29) is 18.9 Å². The van der Waals surface area contributed by atoms with Gasteiger partial charge in [0, 0.05) is 13.0 Å². The van der Waals surface area contributed by atoms with Crippen LogP contribution in [0.1, 0.15) is 25.0 Å². The second-order valence-electron chi connectivity index (χ2n) is 3.87. The predicted molar refractivity (Wildman–Crippen MR) is 65.8 cm³/mol. The van der Waals surface area contributed by atoms with Crippen LogP contribution in [-0.4, -0.2) is 28.4 Å². The molecule has 1 rings (SSSR count). The van der Waals surface area contributed by atoms with Crippen molar-refractivity contribution in [3.63, 3.8) is 0 Å². The van der Waals surface area contributed by atoms with Crippen molar-refractivity contribution in [3.8, 4) is 0 Å². The van der Waals surface area contributed by atoms with E-state index in [1.165, 1.54) is 11.2 Å². The second-order valence-corrected chi connectivity index (χ2v) is 3.87. The number of carbonyl (C=O) groups excluding carboxylic acids is 1. The lowest BCUT2D eigenvalue weighted by Crippen LogP contribution is -2.32. The van der Waals surface area contributed by atoms with Crippen molar-refractivity contribution in [2.24, 2.45) is 0 Å². The van der Waals surface area contributed by atoms with E-state index in [9.17, 15) is 9.59 Å². The number of furan rings is 1. The first-order valence-electron chi connectivity index (χ1n) is 5.76. The van der Waals surface area contributed by atoms with Crippen molar-refractivity contribution in [1.82, 2.24) is 4.90 Å². The van der Waals surface area contributed by atoms with Crippen LogP contribution in [0.5, 0.6) is 0 Å². The summed E-state index contributed by atoms with van der Waals surface area (Å²) in [6.07, 6.45) is 4.05. The Morgan fingerprint density at radius 3 is 2.78 bits per heavy atom. The molecule has 0 aliphatic carbocycles. The summed E-state index contributed by atoms with van der Waals surface area (Å²) in [4.78, 5) is 23.9. The van der Waals surface area contributed by atoms with Gasteiger partial charge in [0.1, 0.15) is 5.76 Å². The van der Waals surface area contributed by atoms with Gasteiger partial charge < -0.3 is 14.4 Å². The molecule has 0 bridgehead atoms. The van der Waals surface area contributed by atoms with Gasteiger partial charge in [0.2, 0.25) is 5.91 Å². The summed E-state index contributed by atoms with van der Waals surface area (Å²) >= 11 is 0. The maximum Gasteiger partial charge on any atom is 0.305 e. The van der Waals surface area contributed by atoms with Gasteiger partial charge in [-0.05, 0) is 18.6 Å². The van der Waals surface area contributed by atoms with Gasteiger partial charge in [0.05, 0.1) is 19.2 Å². The van der Waals surface area contributed by atoms with Crippen LogP contribution in [0.25, 0.3) is 0 Å². The monoisotopic (exact) mass is 251 g/mol. The Morgan fingerprint density at radius 2 is 2.22 bits per heavy atom. The molecule has 0 saturated carbocycles. The molecule has 1 aromatic rings. The Morgan fingerprint density at radius 1 is 1.44 bits per heavy atom. The Labute approximate surface area is 106 Å². The lowest BCUT2D eigenvalue weighted by molar-refractivity contribution is -0.138. The zero-order valence-electron chi connectivity index (χ0n) is 10.2. The summed E-state index contributed by atoms with van der Waals surface area (Å²) in [7, 11) is 0. The summed E-state index contributed by atoms with van der Waals surface area (Å²) in [6.45, 7) is 4.05. The molecule has 1 aromatic heterocycles. The van der Waals surface area contributed by atoms with Gasteiger partial charge in [-0.1, -0.05) is 6.08 Å². The van der Waals surface area contributed by atoms with Crippen molar-refractivity contribution in [1.29, 1.82) is 0 Å². The first-order chi connectivity index (χ1) is 8.63. The van der Waals surface area contributed by atoms with Gasteiger partial charge in [0.15, 0.2) is 0 Å². The van der Waals surface area contributed by atoms with Gasteiger partial charge in [-0.3, -0.25) is 9.59 Å². The van der Waals surface area contributed by atoms with Crippen LogP contribution >= 0.6 is 0 Å². The highest BCUT2D eigenvalue weighted by Gasteiger charge is 2.15. The van der Waals surface area contributed by atoms with Crippen LogP contribution in [0.4, 0.5) is 0 Å². The van der Waals surface area contributed by atoms with E-state index >= 15 is 0 Å². The first-order valence-corrected chi connectivity index (χ1v) is 5.76. The number of hydrogen-bond donors (Lipinski definition) is 1. The molecule has 0 atom stereocenters. The van der Waals surface area contributed by atoms with Crippen molar-refractivity contribution in [2.45, 2.75) is 25.8 Å². The molecule has 0 spiro atoms. The normalized spacial score (nSPS) is 10.0. The molecular weight excluding hydrogens is 234 g/mol. The Bertz CT molecular complexity index is 397. The molecule has 98 valence electrons. The lowest BCUT2D eigenvalue weighted by atomic mass is 10.2. The van der Waals surface area contributed by atoms with Gasteiger partial charge in [-0.2, -0.15) is 0 Å². The molecule has 5 heteroatoms. The molecule has 0 radical (unpaired) electrons. The van der Waals surface area contributed by atoms with Crippen molar-refractivity contribution < 1.29 is 19.1 Å². The first kappa shape index (κ1) is 14.0. The van der Waals surface area contributed by atoms with Crippen molar-refractivity contribution in [2.75, 3.05) is 6.54 Å². The maximum atomic E-state index is 11.9. The Balaban J connectivity index is 2.58. The smallest absolute Gasteiger partial charge is 0.305 e. The largest absolute Gasteiger partial charge is 0.481 e. The summed E-state index contributed by atoms with van der Waals surface area (Å²) in [5.74, 6) is -0.365. The average Bonchev–Trinajstić information content (AvgIpc) is 2.84. The van der Waals surface area contributed by atoms with Crippen LogP contribution in [0.3, 0.4) is 0 Å². The minimum Gasteiger partial charge on any atom is -0.481 e. The fourth-order valence-electron chi connectivity index (χ4n) is 1.50. The number of carboxylic acids is 1. The van der Waals surface area contributed by atoms with Crippen molar-refractivity contribution in [3.05, 3.63) is 36.8 Å². The third-order valence-corrected chi connectivity index (χ3v) is 2.44. The molecule has 0 saturated heterocycles. The van der Waals surface area contributed by atoms with Crippen molar-refractivity contribution >= 4 is 11.9 Å². The number of rotatable bonds is 8. The summed E-state index contributed by atoms with van der Waals surface area (Å²) in [5.41, 5.74) is 0. The van der Waals surface area contributed by atoms with Crippen LogP contribution in [-0.2, 0) is 16.1 Å². The zero-order chi connectivity index (χ0) is 13.4. The molecule has 0 aliphatic rings. The highest BCUT2D eigenvalue weighted by Crippen LogP contribution is 2.09. The molecule has 18 heavy (non-hydrogen) atoms. The average molecular weight is 251 g/mol. The molecule has 1 amide bonds. The van der Waals surface area contributed by atoms with Gasteiger partial charge in [-0.25, -0.2) is 0 Å². The molecule has 0 unspecified atom stereocenters. The number of amides is 1. The van der Waals surface area contributed by atoms with Crippen LogP contribution in [0, 0.1) is 0 Å². The molecule has 0 aliphatic heterocycles. The minimum atomic E-state index is -0.920. The number of aliphatic carboxylic acids is 1. The topological polar surface area (TPSA) is 70.8 Å². The Kier molecular flexibility index (Phi) is 5.70. The van der Waals surface area contributed by atoms with Gasteiger partial charge in [-0.15, -0.1) is 6.58 Å². The molecule has 1 N–H and O–H groups in total. The molecule has 0 fully saturated rings. The van der Waals surface area contributed by atoms with Crippen LogP contribution < -0.4 is 0 Å². The van der Waals surface area contributed by atoms with E-state index in [0.717, 1.165) is 0 Å². The fraction of sp³-hybridized carbons (Fsp3) is 0.385. The quantitative estimate of drug-likeness (QED) is 0.718. The Hall–Kier alpha value is -2.04. The zero-order valence-corrected chi connectivity index (χ0v) is 10.2. The lowest BCUT2D eigenvalue weighted by Gasteiger charge is -2.20. The highest BCUT2D eigenvalue weighted by molar-refractivity contribution is 5.77.